The zero-order chi connectivity index (χ0) is 9.84. The summed E-state index contributed by atoms with van der Waals surface area (Å²) in [5.41, 5.74) is 1.66. The highest BCUT2D eigenvalue weighted by atomic mass is 127. The molecular formula is C8H8BrIO2S. The molecular weight excluding hydrogens is 367 g/mol. The molecule has 5 heteroatoms. The van der Waals surface area contributed by atoms with Crippen LogP contribution in [-0.2, 0) is 10.8 Å². The summed E-state index contributed by atoms with van der Waals surface area (Å²) in [6.07, 6.45) is 0. The highest BCUT2D eigenvalue weighted by Crippen LogP contribution is 2.28. The first-order chi connectivity index (χ1) is 6.15. The van der Waals surface area contributed by atoms with Gasteiger partial charge in [0, 0.05) is 31.2 Å². The molecule has 0 aliphatic heterocycles. The van der Waals surface area contributed by atoms with Crippen LogP contribution in [0.4, 0.5) is 0 Å². The molecule has 0 aromatic heterocycles. The molecule has 0 bridgehead atoms. The number of benzene rings is 1. The molecule has 1 N–H and O–H groups in total. The van der Waals surface area contributed by atoms with Crippen molar-refractivity contribution in [2.24, 2.45) is 0 Å². The third-order valence-corrected chi connectivity index (χ3v) is 3.03. The largest absolute Gasteiger partial charge is 0.507 e. The number of hydrogen-bond acceptors (Lipinski definition) is 3. The van der Waals surface area contributed by atoms with Crippen molar-refractivity contribution in [3.63, 3.8) is 0 Å². The van der Waals surface area contributed by atoms with Gasteiger partial charge in [-0.15, -0.1) is 0 Å². The molecule has 1 aromatic rings. The van der Waals surface area contributed by atoms with Crippen LogP contribution in [0, 0.1) is 6.92 Å². The van der Waals surface area contributed by atoms with E-state index in [9.17, 15) is 5.11 Å². The van der Waals surface area contributed by atoms with Gasteiger partial charge in [-0.2, -0.15) is 0 Å². The Hall–Kier alpha value is 0.540. The minimum Gasteiger partial charge on any atom is -0.507 e. The molecule has 72 valence electrons. The zero-order valence-corrected chi connectivity index (χ0v) is 11.4. The lowest BCUT2D eigenvalue weighted by Gasteiger charge is -2.06. The van der Waals surface area contributed by atoms with E-state index in [4.69, 9.17) is 4.18 Å². The topological polar surface area (TPSA) is 29.5 Å². The van der Waals surface area contributed by atoms with E-state index in [-0.39, 0.29) is 0 Å². The van der Waals surface area contributed by atoms with Gasteiger partial charge >= 0.3 is 0 Å². The Balaban J connectivity index is 2.92. The number of halogens is 2. The molecule has 0 radical (unpaired) electrons. The molecule has 0 aliphatic carbocycles. The monoisotopic (exact) mass is 374 g/mol. The second-order valence-corrected chi connectivity index (χ2v) is 4.91. The first-order valence-corrected chi connectivity index (χ1v) is 7.61. The van der Waals surface area contributed by atoms with Crippen LogP contribution in [0.15, 0.2) is 16.6 Å². The lowest BCUT2D eigenvalue weighted by Crippen LogP contribution is -1.88. The third-order valence-electron chi connectivity index (χ3n) is 1.60. The summed E-state index contributed by atoms with van der Waals surface area (Å²) in [6, 6.07) is 3.73. The van der Waals surface area contributed by atoms with Crippen molar-refractivity contribution in [1.29, 1.82) is 0 Å². The second-order valence-electron chi connectivity index (χ2n) is 2.56. The maximum atomic E-state index is 9.64. The van der Waals surface area contributed by atoms with E-state index in [2.05, 4.69) is 15.9 Å². The molecule has 0 unspecified atom stereocenters. The van der Waals surface area contributed by atoms with E-state index < -0.39 is 0 Å². The van der Waals surface area contributed by atoms with Crippen molar-refractivity contribution >= 4 is 46.3 Å². The Morgan fingerprint density at radius 2 is 2.31 bits per heavy atom. The van der Waals surface area contributed by atoms with Gasteiger partial charge in [-0.05, 0) is 24.6 Å². The lowest BCUT2D eigenvalue weighted by molar-refractivity contribution is 0.356. The molecule has 0 fully saturated rings. The Morgan fingerprint density at radius 1 is 1.62 bits per heavy atom. The maximum absolute atomic E-state index is 9.64. The number of phenolic OH excluding ortho intramolecular Hbond substituents is 1. The van der Waals surface area contributed by atoms with E-state index in [1.165, 1.54) is 9.21 Å². The summed E-state index contributed by atoms with van der Waals surface area (Å²) in [5.74, 6) is 0.314. The fourth-order valence-electron chi connectivity index (χ4n) is 1.00. The number of aromatic hydroxyl groups is 1. The average Bonchev–Trinajstić information content (AvgIpc) is 2.09. The van der Waals surface area contributed by atoms with Gasteiger partial charge in [0.05, 0.1) is 15.8 Å². The highest BCUT2D eigenvalue weighted by Gasteiger charge is 2.05. The molecule has 1 rings (SSSR count). The standard InChI is InChI=1S/C8H8BrIO2S/c1-5-2-7(9)3-6(8(5)11)4-12-13-10/h2-3,11H,4H2,1H3. The van der Waals surface area contributed by atoms with E-state index in [1.807, 2.05) is 40.3 Å². The van der Waals surface area contributed by atoms with Gasteiger partial charge in [0.2, 0.25) is 0 Å². The lowest BCUT2D eigenvalue weighted by atomic mass is 10.1. The number of rotatable bonds is 3. The molecule has 0 heterocycles. The summed E-state index contributed by atoms with van der Waals surface area (Å²) in [7, 11) is 1.26. The maximum Gasteiger partial charge on any atom is 0.124 e. The quantitative estimate of drug-likeness (QED) is 0.641. The normalized spacial score (nSPS) is 10.4. The van der Waals surface area contributed by atoms with Crippen molar-refractivity contribution in [2.75, 3.05) is 0 Å². The van der Waals surface area contributed by atoms with Crippen LogP contribution in [0.1, 0.15) is 11.1 Å². The molecule has 0 spiro atoms. The summed E-state index contributed by atoms with van der Waals surface area (Å²) < 4.78 is 6.09. The van der Waals surface area contributed by atoms with Crippen molar-refractivity contribution < 1.29 is 9.29 Å². The Kier molecular flexibility index (Phi) is 4.85. The second kappa shape index (κ2) is 5.43. The number of aryl methyl sites for hydroxylation is 1. The predicted octanol–water partition coefficient (Wildman–Crippen LogP) is 3.98. The van der Waals surface area contributed by atoms with Crippen LogP contribution in [0.3, 0.4) is 0 Å². The summed E-state index contributed by atoms with van der Waals surface area (Å²) in [5, 5.41) is 9.64. The smallest absolute Gasteiger partial charge is 0.124 e. The first kappa shape index (κ1) is 11.6. The minimum atomic E-state index is 0.314. The van der Waals surface area contributed by atoms with Gasteiger partial charge in [-0.3, -0.25) is 0 Å². The fourth-order valence-corrected chi connectivity index (χ4v) is 2.17. The Labute approximate surface area is 102 Å². The Bertz CT molecular complexity index is 306. The molecule has 1 aromatic carbocycles. The average molecular weight is 375 g/mol. The molecule has 0 atom stereocenters. The SMILES string of the molecule is Cc1cc(Br)cc(COSI)c1O. The Morgan fingerprint density at radius 3 is 2.92 bits per heavy atom. The summed E-state index contributed by atoms with van der Waals surface area (Å²) >= 11 is 5.41. The van der Waals surface area contributed by atoms with Gasteiger partial charge in [0.25, 0.3) is 0 Å². The van der Waals surface area contributed by atoms with Gasteiger partial charge in [0.1, 0.15) is 5.75 Å². The van der Waals surface area contributed by atoms with Gasteiger partial charge in [-0.25, -0.2) is 0 Å². The number of hydrogen-bond donors (Lipinski definition) is 1. The summed E-state index contributed by atoms with van der Waals surface area (Å²) in [6.45, 7) is 2.28. The van der Waals surface area contributed by atoms with Gasteiger partial charge in [-0.1, -0.05) is 15.9 Å². The third kappa shape index (κ3) is 3.30. The van der Waals surface area contributed by atoms with E-state index >= 15 is 0 Å². The molecule has 0 saturated heterocycles. The van der Waals surface area contributed by atoms with Crippen LogP contribution in [0.25, 0.3) is 0 Å². The van der Waals surface area contributed by atoms with Crippen molar-refractivity contribution in [1.82, 2.24) is 0 Å². The van der Waals surface area contributed by atoms with E-state index in [0.717, 1.165) is 15.6 Å². The summed E-state index contributed by atoms with van der Waals surface area (Å²) in [4.78, 5) is 0. The minimum absolute atomic E-state index is 0.314. The van der Waals surface area contributed by atoms with Crippen molar-refractivity contribution in [2.45, 2.75) is 13.5 Å². The first-order valence-electron chi connectivity index (χ1n) is 3.53. The van der Waals surface area contributed by atoms with Crippen LogP contribution in [0.5, 0.6) is 5.75 Å². The van der Waals surface area contributed by atoms with E-state index in [0.29, 0.717) is 12.4 Å². The number of phenols is 1. The molecule has 13 heavy (non-hydrogen) atoms. The molecule has 0 aliphatic rings. The van der Waals surface area contributed by atoms with Crippen molar-refractivity contribution in [3.05, 3.63) is 27.7 Å². The van der Waals surface area contributed by atoms with Gasteiger partial charge in [0.15, 0.2) is 0 Å². The zero-order valence-electron chi connectivity index (χ0n) is 6.88. The van der Waals surface area contributed by atoms with Gasteiger partial charge < -0.3 is 9.29 Å². The predicted molar refractivity (Wildman–Crippen MR) is 66.9 cm³/mol. The van der Waals surface area contributed by atoms with Crippen LogP contribution >= 0.6 is 46.3 Å². The molecule has 2 nitrogen and oxygen atoms in total. The highest BCUT2D eigenvalue weighted by molar-refractivity contribution is 14.2. The van der Waals surface area contributed by atoms with Crippen LogP contribution in [-0.4, -0.2) is 5.11 Å². The fraction of sp³-hybridized carbons (Fsp3) is 0.250. The molecule has 0 amide bonds. The molecule has 0 saturated carbocycles. The van der Waals surface area contributed by atoms with Crippen molar-refractivity contribution in [3.8, 4) is 5.75 Å². The van der Waals surface area contributed by atoms with Crippen LogP contribution in [0.2, 0.25) is 0 Å². The van der Waals surface area contributed by atoms with E-state index in [1.54, 1.807) is 0 Å². The van der Waals surface area contributed by atoms with Crippen LogP contribution < -0.4 is 0 Å².